The second-order valence-corrected chi connectivity index (χ2v) is 6.17. The van der Waals surface area contributed by atoms with Crippen molar-refractivity contribution in [1.82, 2.24) is 14.7 Å². The molecule has 122 valence electrons. The van der Waals surface area contributed by atoms with Crippen LogP contribution in [-0.4, -0.2) is 14.7 Å². The van der Waals surface area contributed by atoms with Gasteiger partial charge < -0.3 is 9.09 Å². The van der Waals surface area contributed by atoms with Crippen molar-refractivity contribution in [2.24, 2.45) is 7.05 Å². The zero-order chi connectivity index (χ0) is 16.7. The average Bonchev–Trinajstić information content (AvgIpc) is 3.01. The molecule has 2 heterocycles. The standard InChI is InChI=1S/C18H16FN3O2/c1-22-14(4-2-5-15(22)23)16-20-17(21-24-16)18(10-3-11-18)12-6-8-13(19)9-7-12/h2,4-9H,3,10-11H2,1H3. The summed E-state index contributed by atoms with van der Waals surface area (Å²) in [6.45, 7) is 0. The average molecular weight is 325 g/mol. The lowest BCUT2D eigenvalue weighted by Gasteiger charge is -2.39. The van der Waals surface area contributed by atoms with Crippen LogP contribution in [0.5, 0.6) is 0 Å². The molecule has 1 aliphatic rings. The third-order valence-corrected chi connectivity index (χ3v) is 4.86. The smallest absolute Gasteiger partial charge is 0.274 e. The molecule has 6 heteroatoms. The molecule has 24 heavy (non-hydrogen) atoms. The fourth-order valence-corrected chi connectivity index (χ4v) is 3.24. The fourth-order valence-electron chi connectivity index (χ4n) is 3.24. The Balaban J connectivity index is 1.77. The Labute approximate surface area is 137 Å². The lowest BCUT2D eigenvalue weighted by Crippen LogP contribution is -2.36. The lowest BCUT2D eigenvalue weighted by molar-refractivity contribution is 0.272. The Morgan fingerprint density at radius 1 is 1.17 bits per heavy atom. The van der Waals surface area contributed by atoms with Crippen molar-refractivity contribution in [2.45, 2.75) is 24.7 Å². The number of benzene rings is 1. The predicted octanol–water partition coefficient (Wildman–Crippen LogP) is 3.04. The number of pyridine rings is 1. The highest BCUT2D eigenvalue weighted by molar-refractivity contribution is 5.48. The first-order valence-electron chi connectivity index (χ1n) is 7.87. The lowest BCUT2D eigenvalue weighted by atomic mass is 9.64. The first-order valence-corrected chi connectivity index (χ1v) is 7.87. The highest BCUT2D eigenvalue weighted by Gasteiger charge is 2.44. The number of nitrogens with zero attached hydrogens (tertiary/aromatic N) is 3. The van der Waals surface area contributed by atoms with E-state index in [1.165, 1.54) is 22.8 Å². The molecule has 1 fully saturated rings. The largest absolute Gasteiger partial charge is 0.332 e. The van der Waals surface area contributed by atoms with Gasteiger partial charge in [-0.3, -0.25) is 4.79 Å². The van der Waals surface area contributed by atoms with Gasteiger partial charge in [-0.25, -0.2) is 4.39 Å². The van der Waals surface area contributed by atoms with Crippen LogP contribution in [0.1, 0.15) is 30.7 Å². The van der Waals surface area contributed by atoms with Gasteiger partial charge in [0, 0.05) is 13.1 Å². The van der Waals surface area contributed by atoms with Crippen molar-refractivity contribution in [3.63, 3.8) is 0 Å². The normalized spacial score (nSPS) is 15.9. The SMILES string of the molecule is Cn1c(-c2nc(C3(c4ccc(F)cc4)CCC3)no2)cccc1=O. The summed E-state index contributed by atoms with van der Waals surface area (Å²) in [5, 5.41) is 4.16. The van der Waals surface area contributed by atoms with E-state index < -0.39 is 0 Å². The number of hydrogen-bond acceptors (Lipinski definition) is 4. The van der Waals surface area contributed by atoms with Crippen LogP contribution in [0.25, 0.3) is 11.6 Å². The summed E-state index contributed by atoms with van der Waals surface area (Å²) in [5.74, 6) is 0.645. The zero-order valence-corrected chi connectivity index (χ0v) is 13.2. The molecule has 0 bridgehead atoms. The minimum Gasteiger partial charge on any atom is -0.332 e. The van der Waals surface area contributed by atoms with Crippen LogP contribution in [0.2, 0.25) is 0 Å². The van der Waals surface area contributed by atoms with Crippen LogP contribution >= 0.6 is 0 Å². The molecule has 3 aromatic rings. The summed E-state index contributed by atoms with van der Waals surface area (Å²) in [4.78, 5) is 16.3. The van der Waals surface area contributed by atoms with Crippen LogP contribution in [0.4, 0.5) is 4.39 Å². The fraction of sp³-hybridized carbons (Fsp3) is 0.278. The maximum absolute atomic E-state index is 13.2. The molecule has 1 aliphatic carbocycles. The summed E-state index contributed by atoms with van der Waals surface area (Å²) in [7, 11) is 1.67. The van der Waals surface area contributed by atoms with E-state index in [1.807, 2.05) is 0 Å². The molecule has 1 saturated carbocycles. The molecule has 0 spiro atoms. The Hall–Kier alpha value is -2.76. The van der Waals surface area contributed by atoms with E-state index in [0.717, 1.165) is 24.8 Å². The maximum Gasteiger partial charge on any atom is 0.274 e. The van der Waals surface area contributed by atoms with E-state index in [0.29, 0.717) is 17.4 Å². The summed E-state index contributed by atoms with van der Waals surface area (Å²) >= 11 is 0. The molecule has 2 aromatic heterocycles. The van der Waals surface area contributed by atoms with Gasteiger partial charge in [0.2, 0.25) is 0 Å². The Morgan fingerprint density at radius 3 is 2.58 bits per heavy atom. The Bertz CT molecular complexity index is 939. The van der Waals surface area contributed by atoms with Gasteiger partial charge in [0.25, 0.3) is 11.4 Å². The summed E-state index contributed by atoms with van der Waals surface area (Å²) in [6, 6.07) is 11.4. The first kappa shape index (κ1) is 14.8. The summed E-state index contributed by atoms with van der Waals surface area (Å²) in [5.41, 5.74) is 1.10. The first-order chi connectivity index (χ1) is 11.6. The maximum atomic E-state index is 13.2. The molecule has 0 N–H and O–H groups in total. The molecular formula is C18H16FN3O2. The summed E-state index contributed by atoms with van der Waals surface area (Å²) in [6.07, 6.45) is 2.85. The van der Waals surface area contributed by atoms with E-state index in [9.17, 15) is 9.18 Å². The van der Waals surface area contributed by atoms with Gasteiger partial charge in [0.1, 0.15) is 11.5 Å². The Morgan fingerprint density at radius 2 is 1.92 bits per heavy atom. The van der Waals surface area contributed by atoms with Gasteiger partial charge in [0.15, 0.2) is 5.82 Å². The number of hydrogen-bond donors (Lipinski definition) is 0. The van der Waals surface area contributed by atoms with Crippen LogP contribution in [-0.2, 0) is 12.5 Å². The van der Waals surface area contributed by atoms with E-state index >= 15 is 0 Å². The minimum absolute atomic E-state index is 0.135. The van der Waals surface area contributed by atoms with Crippen molar-refractivity contribution in [1.29, 1.82) is 0 Å². The molecule has 0 atom stereocenters. The van der Waals surface area contributed by atoms with Crippen molar-refractivity contribution in [3.8, 4) is 11.6 Å². The third-order valence-electron chi connectivity index (χ3n) is 4.86. The van der Waals surface area contributed by atoms with Crippen LogP contribution in [0.3, 0.4) is 0 Å². The second kappa shape index (κ2) is 5.40. The number of aromatic nitrogens is 3. The highest BCUT2D eigenvalue weighted by Crippen LogP contribution is 2.48. The second-order valence-electron chi connectivity index (χ2n) is 6.17. The topological polar surface area (TPSA) is 60.9 Å². The molecule has 0 unspecified atom stereocenters. The number of halogens is 1. The third kappa shape index (κ3) is 2.18. The molecule has 5 nitrogen and oxygen atoms in total. The Kier molecular flexibility index (Phi) is 3.33. The van der Waals surface area contributed by atoms with Crippen LogP contribution in [0, 0.1) is 5.82 Å². The number of rotatable bonds is 3. The molecule has 0 aliphatic heterocycles. The van der Waals surface area contributed by atoms with Crippen molar-refractivity contribution in [3.05, 3.63) is 70.0 Å². The van der Waals surface area contributed by atoms with Gasteiger partial charge in [0.05, 0.1) is 5.41 Å². The van der Waals surface area contributed by atoms with Gasteiger partial charge in [-0.2, -0.15) is 4.98 Å². The molecule has 0 amide bonds. The molecule has 0 radical (unpaired) electrons. The molecule has 0 saturated heterocycles. The molecule has 4 rings (SSSR count). The van der Waals surface area contributed by atoms with Crippen LogP contribution < -0.4 is 5.56 Å². The van der Waals surface area contributed by atoms with E-state index in [1.54, 1.807) is 31.3 Å². The molecule has 1 aromatic carbocycles. The quantitative estimate of drug-likeness (QED) is 0.742. The molecular weight excluding hydrogens is 309 g/mol. The van der Waals surface area contributed by atoms with E-state index in [2.05, 4.69) is 10.1 Å². The van der Waals surface area contributed by atoms with Gasteiger partial charge in [-0.05, 0) is 36.6 Å². The van der Waals surface area contributed by atoms with Crippen molar-refractivity contribution >= 4 is 0 Å². The van der Waals surface area contributed by atoms with Gasteiger partial charge in [-0.1, -0.05) is 29.8 Å². The van der Waals surface area contributed by atoms with E-state index in [4.69, 9.17) is 4.52 Å². The van der Waals surface area contributed by atoms with Gasteiger partial charge >= 0.3 is 0 Å². The highest BCUT2D eigenvalue weighted by atomic mass is 19.1. The van der Waals surface area contributed by atoms with Gasteiger partial charge in [-0.15, -0.1) is 0 Å². The summed E-state index contributed by atoms with van der Waals surface area (Å²) < 4.78 is 20.1. The monoisotopic (exact) mass is 325 g/mol. The van der Waals surface area contributed by atoms with Crippen molar-refractivity contribution < 1.29 is 8.91 Å². The van der Waals surface area contributed by atoms with Crippen LogP contribution in [0.15, 0.2) is 51.8 Å². The zero-order valence-electron chi connectivity index (χ0n) is 13.2. The van der Waals surface area contributed by atoms with Crippen molar-refractivity contribution in [2.75, 3.05) is 0 Å². The van der Waals surface area contributed by atoms with E-state index in [-0.39, 0.29) is 16.8 Å². The predicted molar refractivity (Wildman–Crippen MR) is 86.0 cm³/mol. The minimum atomic E-state index is -0.330.